The lowest BCUT2D eigenvalue weighted by Crippen LogP contribution is -2.48. The zero-order valence-electron chi connectivity index (χ0n) is 13.6. The monoisotopic (exact) mass is 310 g/mol. The molecular weight excluding hydrogens is 284 g/mol. The van der Waals surface area contributed by atoms with E-state index in [0.29, 0.717) is 19.4 Å². The minimum Gasteiger partial charge on any atom is -0.337 e. The van der Waals surface area contributed by atoms with Crippen LogP contribution in [0.1, 0.15) is 39.5 Å². The average Bonchev–Trinajstić information content (AvgIpc) is 3.06. The van der Waals surface area contributed by atoms with Crippen molar-refractivity contribution in [2.45, 2.75) is 51.1 Å². The van der Waals surface area contributed by atoms with E-state index in [1.807, 2.05) is 20.9 Å². The minimum absolute atomic E-state index is 0.149. The summed E-state index contributed by atoms with van der Waals surface area (Å²) in [6, 6.07) is -0.299. The summed E-state index contributed by atoms with van der Waals surface area (Å²) in [5.41, 5.74) is -0.841. The molecule has 0 aromatic rings. The van der Waals surface area contributed by atoms with E-state index in [-0.39, 0.29) is 24.4 Å². The molecule has 2 aliphatic rings. The standard InChI is InChI=1S/C15H26N4O3/c1-4-15(5-2)13(21)19(14(22)17-15)10-12(20)18-8-6-7-11(18)9-16-3/h11,16H,4-10H2,1-3H3,(H,17,22). The number of urea groups is 1. The van der Waals surface area contributed by atoms with E-state index in [1.54, 1.807) is 4.90 Å². The van der Waals surface area contributed by atoms with Crippen LogP contribution in [0.15, 0.2) is 0 Å². The normalized spacial score (nSPS) is 24.0. The van der Waals surface area contributed by atoms with Crippen LogP contribution in [0.4, 0.5) is 4.79 Å². The molecule has 4 amide bonds. The Morgan fingerprint density at radius 1 is 1.36 bits per heavy atom. The fraction of sp³-hybridized carbons (Fsp3) is 0.800. The molecule has 2 heterocycles. The number of nitrogens with one attached hydrogen (secondary N) is 2. The Bertz CT molecular complexity index is 462. The van der Waals surface area contributed by atoms with Crippen molar-refractivity contribution in [1.82, 2.24) is 20.4 Å². The van der Waals surface area contributed by atoms with Gasteiger partial charge in [-0.05, 0) is 32.7 Å². The van der Waals surface area contributed by atoms with Gasteiger partial charge in [0.25, 0.3) is 5.91 Å². The number of likely N-dealkylation sites (tertiary alicyclic amines) is 1. The predicted octanol–water partition coefficient (Wildman–Crippen LogP) is 0.307. The van der Waals surface area contributed by atoms with E-state index in [0.717, 1.165) is 24.3 Å². The summed E-state index contributed by atoms with van der Waals surface area (Å²) in [4.78, 5) is 40.0. The van der Waals surface area contributed by atoms with Crippen LogP contribution in [0.2, 0.25) is 0 Å². The van der Waals surface area contributed by atoms with Crippen LogP contribution in [-0.2, 0) is 9.59 Å². The first-order valence-electron chi connectivity index (χ1n) is 8.07. The molecule has 2 rings (SSSR count). The second-order valence-electron chi connectivity index (χ2n) is 6.05. The molecule has 0 aromatic heterocycles. The molecule has 22 heavy (non-hydrogen) atoms. The van der Waals surface area contributed by atoms with E-state index >= 15 is 0 Å². The molecule has 2 saturated heterocycles. The van der Waals surface area contributed by atoms with Crippen LogP contribution in [0.25, 0.3) is 0 Å². The molecule has 0 radical (unpaired) electrons. The van der Waals surface area contributed by atoms with Crippen molar-refractivity contribution in [3.05, 3.63) is 0 Å². The highest BCUT2D eigenvalue weighted by molar-refractivity contribution is 6.09. The maximum Gasteiger partial charge on any atom is 0.325 e. The third-order valence-corrected chi connectivity index (χ3v) is 4.88. The highest BCUT2D eigenvalue weighted by Crippen LogP contribution is 2.25. The fourth-order valence-corrected chi connectivity index (χ4v) is 3.39. The molecule has 1 atom stereocenters. The molecular formula is C15H26N4O3. The van der Waals surface area contributed by atoms with Crippen molar-refractivity contribution in [2.75, 3.05) is 26.7 Å². The van der Waals surface area contributed by atoms with Crippen LogP contribution in [-0.4, -0.2) is 65.9 Å². The Labute approximate surface area is 131 Å². The Morgan fingerprint density at radius 3 is 2.59 bits per heavy atom. The van der Waals surface area contributed by atoms with Crippen LogP contribution >= 0.6 is 0 Å². The lowest BCUT2D eigenvalue weighted by atomic mass is 9.93. The lowest BCUT2D eigenvalue weighted by Gasteiger charge is -2.27. The van der Waals surface area contributed by atoms with Crippen LogP contribution in [0.3, 0.4) is 0 Å². The zero-order chi connectivity index (χ0) is 16.3. The van der Waals surface area contributed by atoms with Gasteiger partial charge >= 0.3 is 6.03 Å². The summed E-state index contributed by atoms with van der Waals surface area (Å²) in [7, 11) is 1.86. The molecule has 0 saturated carbocycles. The number of carbonyl (C=O) groups excluding carboxylic acids is 3. The Kier molecular flexibility index (Phi) is 5.05. The van der Waals surface area contributed by atoms with Gasteiger partial charge in [-0.25, -0.2) is 4.79 Å². The minimum atomic E-state index is -0.841. The van der Waals surface area contributed by atoms with Gasteiger partial charge in [-0.15, -0.1) is 0 Å². The SMILES string of the molecule is CCC1(CC)NC(=O)N(CC(=O)N2CCCC2CNC)C1=O. The molecule has 2 fully saturated rings. The number of hydrogen-bond acceptors (Lipinski definition) is 4. The van der Waals surface area contributed by atoms with E-state index < -0.39 is 11.6 Å². The first-order valence-corrected chi connectivity index (χ1v) is 8.07. The van der Waals surface area contributed by atoms with Crippen molar-refractivity contribution in [1.29, 1.82) is 0 Å². The molecule has 124 valence electrons. The van der Waals surface area contributed by atoms with Crippen molar-refractivity contribution in [3.8, 4) is 0 Å². The molecule has 7 nitrogen and oxygen atoms in total. The highest BCUT2D eigenvalue weighted by Gasteiger charge is 2.49. The van der Waals surface area contributed by atoms with Gasteiger partial charge in [-0.1, -0.05) is 13.8 Å². The van der Waals surface area contributed by atoms with E-state index in [2.05, 4.69) is 10.6 Å². The van der Waals surface area contributed by atoms with Gasteiger partial charge in [0.1, 0.15) is 12.1 Å². The van der Waals surface area contributed by atoms with Gasteiger partial charge < -0.3 is 15.5 Å². The lowest BCUT2D eigenvalue weighted by molar-refractivity contribution is -0.139. The quantitative estimate of drug-likeness (QED) is 0.692. The van der Waals surface area contributed by atoms with Crippen molar-refractivity contribution in [3.63, 3.8) is 0 Å². The second-order valence-corrected chi connectivity index (χ2v) is 6.05. The van der Waals surface area contributed by atoms with E-state index in [4.69, 9.17) is 0 Å². The smallest absolute Gasteiger partial charge is 0.325 e. The number of imide groups is 1. The van der Waals surface area contributed by atoms with Gasteiger partial charge in [0.15, 0.2) is 0 Å². The molecule has 1 unspecified atom stereocenters. The molecule has 0 aromatic carbocycles. The highest BCUT2D eigenvalue weighted by atomic mass is 16.2. The fourth-order valence-electron chi connectivity index (χ4n) is 3.39. The first-order chi connectivity index (χ1) is 10.5. The molecule has 0 bridgehead atoms. The van der Waals surface area contributed by atoms with Crippen molar-refractivity contribution >= 4 is 17.8 Å². The zero-order valence-corrected chi connectivity index (χ0v) is 13.6. The van der Waals surface area contributed by atoms with E-state index in [9.17, 15) is 14.4 Å². The Balaban J connectivity index is 2.05. The van der Waals surface area contributed by atoms with Crippen LogP contribution < -0.4 is 10.6 Å². The Morgan fingerprint density at radius 2 is 2.05 bits per heavy atom. The first kappa shape index (κ1) is 16.7. The van der Waals surface area contributed by atoms with Gasteiger partial charge in [-0.2, -0.15) is 0 Å². The molecule has 2 N–H and O–H groups in total. The maximum absolute atomic E-state index is 12.5. The van der Waals surface area contributed by atoms with Gasteiger partial charge in [0.05, 0.1) is 0 Å². The summed E-state index contributed by atoms with van der Waals surface area (Å²) in [5.74, 6) is -0.426. The van der Waals surface area contributed by atoms with Crippen LogP contribution in [0, 0.1) is 0 Å². The van der Waals surface area contributed by atoms with Crippen molar-refractivity contribution in [2.24, 2.45) is 0 Å². The largest absolute Gasteiger partial charge is 0.337 e. The maximum atomic E-state index is 12.5. The number of likely N-dealkylation sites (N-methyl/N-ethyl adjacent to an activating group) is 1. The molecule has 0 aliphatic carbocycles. The van der Waals surface area contributed by atoms with Crippen molar-refractivity contribution < 1.29 is 14.4 Å². The van der Waals surface area contributed by atoms with Gasteiger partial charge in [0, 0.05) is 19.1 Å². The molecule has 7 heteroatoms. The summed E-state index contributed by atoms with van der Waals surface area (Å²) >= 11 is 0. The summed E-state index contributed by atoms with van der Waals surface area (Å²) in [5, 5.41) is 5.84. The summed E-state index contributed by atoms with van der Waals surface area (Å²) in [6.45, 7) is 5.01. The number of nitrogens with zero attached hydrogens (tertiary/aromatic N) is 2. The summed E-state index contributed by atoms with van der Waals surface area (Å²) < 4.78 is 0. The third kappa shape index (κ3) is 2.82. The van der Waals surface area contributed by atoms with Gasteiger partial charge in [-0.3, -0.25) is 14.5 Å². The summed E-state index contributed by atoms with van der Waals surface area (Å²) in [6.07, 6.45) is 2.99. The van der Waals surface area contributed by atoms with Crippen LogP contribution in [0.5, 0.6) is 0 Å². The van der Waals surface area contributed by atoms with Gasteiger partial charge in [0.2, 0.25) is 5.91 Å². The number of amides is 4. The molecule has 0 spiro atoms. The number of carbonyl (C=O) groups is 3. The molecule has 2 aliphatic heterocycles. The number of hydrogen-bond donors (Lipinski definition) is 2. The number of rotatable bonds is 6. The topological polar surface area (TPSA) is 81.8 Å². The Hall–Kier alpha value is -1.63. The third-order valence-electron chi connectivity index (χ3n) is 4.88. The second kappa shape index (κ2) is 6.64. The average molecular weight is 310 g/mol. The predicted molar refractivity (Wildman–Crippen MR) is 82.2 cm³/mol. The van der Waals surface area contributed by atoms with E-state index in [1.165, 1.54) is 0 Å².